The highest BCUT2D eigenvalue weighted by molar-refractivity contribution is 5.94. The molecule has 0 saturated carbocycles. The number of rotatable bonds is 4. The molecular formula is C22H25N5O3. The molecule has 4 heterocycles. The Kier molecular flexibility index (Phi) is 4.39. The van der Waals surface area contributed by atoms with E-state index in [0.717, 1.165) is 41.7 Å². The molecule has 2 fully saturated rings. The number of ether oxygens (including phenoxy) is 1. The predicted molar refractivity (Wildman–Crippen MR) is 110 cm³/mol. The Balaban J connectivity index is 1.30. The number of aryl methyl sites for hydroxylation is 1. The average molecular weight is 407 g/mol. The van der Waals surface area contributed by atoms with E-state index in [9.17, 15) is 4.79 Å². The molecule has 2 aliphatic rings. The van der Waals surface area contributed by atoms with Crippen LogP contribution < -0.4 is 4.74 Å². The van der Waals surface area contributed by atoms with Crippen molar-refractivity contribution < 1.29 is 13.9 Å². The van der Waals surface area contributed by atoms with E-state index in [4.69, 9.17) is 9.15 Å². The molecule has 1 atom stereocenters. The zero-order valence-corrected chi connectivity index (χ0v) is 17.4. The van der Waals surface area contributed by atoms with E-state index in [1.807, 2.05) is 42.2 Å². The van der Waals surface area contributed by atoms with Crippen molar-refractivity contribution >= 4 is 5.91 Å². The van der Waals surface area contributed by atoms with Crippen LogP contribution in [0.15, 0.2) is 40.9 Å². The van der Waals surface area contributed by atoms with Gasteiger partial charge in [-0.3, -0.25) is 9.89 Å². The van der Waals surface area contributed by atoms with Crippen molar-refractivity contribution in [3.8, 4) is 17.0 Å². The Morgan fingerprint density at radius 3 is 2.70 bits per heavy atom. The molecule has 3 aromatic rings. The lowest BCUT2D eigenvalue weighted by Crippen LogP contribution is -2.61. The van der Waals surface area contributed by atoms with Crippen molar-refractivity contribution in [2.45, 2.75) is 12.8 Å². The first-order valence-corrected chi connectivity index (χ1v) is 10.1. The summed E-state index contributed by atoms with van der Waals surface area (Å²) in [6.45, 7) is 5.13. The van der Waals surface area contributed by atoms with Crippen LogP contribution in [-0.2, 0) is 0 Å². The number of benzene rings is 1. The first kappa shape index (κ1) is 18.9. The zero-order chi connectivity index (χ0) is 20.9. The van der Waals surface area contributed by atoms with Gasteiger partial charge in [0, 0.05) is 37.2 Å². The fraction of sp³-hybridized carbons (Fsp3) is 0.409. The lowest BCUT2D eigenvalue weighted by Gasteiger charge is -2.50. The predicted octanol–water partition coefficient (Wildman–Crippen LogP) is 2.55. The van der Waals surface area contributed by atoms with Crippen LogP contribution in [0.2, 0.25) is 0 Å². The molecule has 30 heavy (non-hydrogen) atoms. The van der Waals surface area contributed by atoms with E-state index in [1.165, 1.54) is 0 Å². The van der Waals surface area contributed by atoms with Crippen LogP contribution in [-0.4, -0.2) is 71.2 Å². The third kappa shape index (κ3) is 3.08. The highest BCUT2D eigenvalue weighted by atomic mass is 16.5. The Morgan fingerprint density at radius 2 is 2.03 bits per heavy atom. The van der Waals surface area contributed by atoms with Gasteiger partial charge in [-0.25, -0.2) is 4.98 Å². The number of carbonyl (C=O) groups excluding carboxylic acids is 1. The number of hydrogen-bond acceptors (Lipinski definition) is 6. The number of methoxy groups -OCH3 is 1. The largest absolute Gasteiger partial charge is 0.497 e. The van der Waals surface area contributed by atoms with Crippen molar-refractivity contribution in [1.82, 2.24) is 25.0 Å². The Bertz CT molecular complexity index is 1060. The van der Waals surface area contributed by atoms with Gasteiger partial charge in [-0.2, -0.15) is 5.10 Å². The number of aromatic amines is 1. The second-order valence-corrected chi connectivity index (χ2v) is 8.48. The normalized spacial score (nSPS) is 20.5. The highest BCUT2D eigenvalue weighted by Crippen LogP contribution is 2.48. The minimum Gasteiger partial charge on any atom is -0.497 e. The summed E-state index contributed by atoms with van der Waals surface area (Å²) in [7, 11) is 3.74. The number of likely N-dealkylation sites (N-methyl/N-ethyl adjacent to an activating group) is 1. The van der Waals surface area contributed by atoms with Gasteiger partial charge < -0.3 is 19.0 Å². The SMILES string of the molecule is COc1ccc(-c2cc(C(=O)N3CC4(CN(C)CC4c4ncc(C)o4)C3)[nH]n2)cc1. The molecule has 1 spiro atoms. The molecule has 1 aromatic carbocycles. The van der Waals surface area contributed by atoms with Crippen molar-refractivity contribution in [2.75, 3.05) is 40.3 Å². The van der Waals surface area contributed by atoms with E-state index >= 15 is 0 Å². The lowest BCUT2D eigenvalue weighted by atomic mass is 9.71. The van der Waals surface area contributed by atoms with E-state index in [2.05, 4.69) is 27.1 Å². The highest BCUT2D eigenvalue weighted by Gasteiger charge is 2.56. The lowest BCUT2D eigenvalue weighted by molar-refractivity contribution is 0.0000783. The summed E-state index contributed by atoms with van der Waals surface area (Å²) in [4.78, 5) is 21.7. The van der Waals surface area contributed by atoms with E-state index in [1.54, 1.807) is 13.3 Å². The van der Waals surface area contributed by atoms with Crippen molar-refractivity contribution in [3.05, 3.63) is 53.9 Å². The fourth-order valence-corrected chi connectivity index (χ4v) is 4.78. The second kappa shape index (κ2) is 6.98. The summed E-state index contributed by atoms with van der Waals surface area (Å²) >= 11 is 0. The van der Waals surface area contributed by atoms with Crippen molar-refractivity contribution in [3.63, 3.8) is 0 Å². The summed E-state index contributed by atoms with van der Waals surface area (Å²) in [6.07, 6.45) is 1.77. The maximum atomic E-state index is 13.0. The number of carbonyl (C=O) groups is 1. The Morgan fingerprint density at radius 1 is 1.27 bits per heavy atom. The van der Waals surface area contributed by atoms with Gasteiger partial charge in [-0.15, -0.1) is 0 Å². The maximum Gasteiger partial charge on any atom is 0.271 e. The third-order valence-corrected chi connectivity index (χ3v) is 6.25. The average Bonchev–Trinajstić information content (AvgIpc) is 3.44. The Hall–Kier alpha value is -3.13. The van der Waals surface area contributed by atoms with Gasteiger partial charge in [0.15, 0.2) is 5.89 Å². The van der Waals surface area contributed by atoms with Crippen LogP contribution in [0.1, 0.15) is 28.1 Å². The molecule has 1 N–H and O–H groups in total. The number of hydrogen-bond donors (Lipinski definition) is 1. The van der Waals surface area contributed by atoms with Crippen LogP contribution in [0.3, 0.4) is 0 Å². The smallest absolute Gasteiger partial charge is 0.271 e. The minimum atomic E-state index is -0.0234. The van der Waals surface area contributed by atoms with Gasteiger partial charge in [0.05, 0.1) is 24.9 Å². The molecule has 2 aromatic heterocycles. The maximum absolute atomic E-state index is 13.0. The molecule has 1 unspecified atom stereocenters. The molecule has 156 valence electrons. The number of nitrogens with zero attached hydrogens (tertiary/aromatic N) is 4. The number of oxazole rings is 1. The number of amides is 1. The van der Waals surface area contributed by atoms with Gasteiger partial charge in [0.25, 0.3) is 5.91 Å². The quantitative estimate of drug-likeness (QED) is 0.715. The Labute approximate surface area is 174 Å². The third-order valence-electron chi connectivity index (χ3n) is 6.25. The monoisotopic (exact) mass is 407 g/mol. The zero-order valence-electron chi connectivity index (χ0n) is 17.4. The van der Waals surface area contributed by atoms with Crippen molar-refractivity contribution in [2.24, 2.45) is 5.41 Å². The fourth-order valence-electron chi connectivity index (χ4n) is 4.78. The second-order valence-electron chi connectivity index (χ2n) is 8.48. The van der Waals surface area contributed by atoms with Gasteiger partial charge in [0.2, 0.25) is 0 Å². The van der Waals surface area contributed by atoms with Crippen LogP contribution in [0, 0.1) is 12.3 Å². The molecular weight excluding hydrogens is 382 g/mol. The van der Waals surface area contributed by atoms with E-state index < -0.39 is 0 Å². The van der Waals surface area contributed by atoms with Crippen LogP contribution in [0.4, 0.5) is 0 Å². The van der Waals surface area contributed by atoms with Crippen LogP contribution in [0.5, 0.6) is 5.75 Å². The van der Waals surface area contributed by atoms with Gasteiger partial charge in [0.1, 0.15) is 17.2 Å². The summed E-state index contributed by atoms with van der Waals surface area (Å²) in [5.41, 5.74) is 2.18. The minimum absolute atomic E-state index is 0.000534. The summed E-state index contributed by atoms with van der Waals surface area (Å²) in [5, 5.41) is 7.23. The summed E-state index contributed by atoms with van der Waals surface area (Å²) in [6, 6.07) is 9.43. The molecule has 5 rings (SSSR count). The molecule has 1 amide bonds. The number of nitrogens with one attached hydrogen (secondary N) is 1. The van der Waals surface area contributed by atoms with Gasteiger partial charge in [-0.1, -0.05) is 0 Å². The number of H-pyrrole nitrogens is 1. The molecule has 0 radical (unpaired) electrons. The molecule has 8 heteroatoms. The van der Waals surface area contributed by atoms with Gasteiger partial charge in [-0.05, 0) is 44.3 Å². The first-order valence-electron chi connectivity index (χ1n) is 10.1. The molecule has 2 saturated heterocycles. The summed E-state index contributed by atoms with van der Waals surface area (Å²) < 4.78 is 11.0. The molecule has 0 bridgehead atoms. The van der Waals surface area contributed by atoms with E-state index in [-0.39, 0.29) is 17.2 Å². The molecule has 2 aliphatic heterocycles. The standard InChI is InChI=1S/C22H25N5O3/c1-14-9-23-20(30-14)17-10-26(2)11-22(17)12-27(13-22)21(28)19-8-18(24-25-19)15-4-6-16(29-3)7-5-15/h4-9,17H,10-13H2,1-3H3,(H,24,25). The number of likely N-dealkylation sites (tertiary alicyclic amines) is 2. The molecule has 0 aliphatic carbocycles. The topological polar surface area (TPSA) is 87.5 Å². The first-order chi connectivity index (χ1) is 14.5. The van der Waals surface area contributed by atoms with E-state index in [0.29, 0.717) is 18.8 Å². The molecule has 8 nitrogen and oxygen atoms in total. The number of aromatic nitrogens is 3. The van der Waals surface area contributed by atoms with Crippen LogP contribution >= 0.6 is 0 Å². The summed E-state index contributed by atoms with van der Waals surface area (Å²) in [5.74, 6) is 2.58. The van der Waals surface area contributed by atoms with Crippen LogP contribution in [0.25, 0.3) is 11.3 Å². The van der Waals surface area contributed by atoms with Gasteiger partial charge >= 0.3 is 0 Å². The van der Waals surface area contributed by atoms with Crippen molar-refractivity contribution in [1.29, 1.82) is 0 Å².